The lowest BCUT2D eigenvalue weighted by atomic mass is 9.98. The number of aromatic nitrogens is 2. The minimum atomic E-state index is -0.227. The maximum absolute atomic E-state index is 6.89. The molecule has 22 heavy (non-hydrogen) atoms. The van der Waals surface area contributed by atoms with Crippen LogP contribution >= 0.6 is 0 Å². The van der Waals surface area contributed by atoms with E-state index < -0.39 is 0 Å². The first-order valence-corrected chi connectivity index (χ1v) is 6.97. The summed E-state index contributed by atoms with van der Waals surface area (Å²) in [6.45, 7) is 7.44. The van der Waals surface area contributed by atoms with Crippen molar-refractivity contribution in [3.8, 4) is 11.1 Å². The Kier molecular flexibility index (Phi) is 2.63. The van der Waals surface area contributed by atoms with Gasteiger partial charge in [0.25, 0.3) is 6.02 Å². The third-order valence-electron chi connectivity index (χ3n) is 4.15. The molecule has 1 atom stereocenters. The van der Waals surface area contributed by atoms with Crippen LogP contribution in [0.4, 0.5) is 5.95 Å². The van der Waals surface area contributed by atoms with E-state index in [1.54, 1.807) is 12.4 Å². The number of benzene rings is 1. The number of nitrogens with two attached hydrogens (primary N) is 1. The van der Waals surface area contributed by atoms with Gasteiger partial charge in [-0.05, 0) is 16.7 Å². The van der Waals surface area contributed by atoms with E-state index in [1.165, 1.54) is 11.1 Å². The molecule has 1 aliphatic heterocycles. The minimum Gasteiger partial charge on any atom is -0.463 e. The van der Waals surface area contributed by atoms with Crippen molar-refractivity contribution in [1.29, 1.82) is 0 Å². The summed E-state index contributed by atoms with van der Waals surface area (Å²) >= 11 is 0. The van der Waals surface area contributed by atoms with E-state index in [-0.39, 0.29) is 17.5 Å². The molecular weight excluding hydrogens is 278 g/mol. The number of hydrogen-bond acceptors (Lipinski definition) is 5. The van der Waals surface area contributed by atoms with Gasteiger partial charge < -0.3 is 15.3 Å². The van der Waals surface area contributed by atoms with Crippen molar-refractivity contribution in [2.75, 3.05) is 6.61 Å². The second kappa shape index (κ2) is 4.53. The van der Waals surface area contributed by atoms with Gasteiger partial charge in [0.1, 0.15) is 12.1 Å². The molecule has 4 rings (SSSR count). The van der Waals surface area contributed by atoms with Crippen LogP contribution in [0.15, 0.2) is 35.6 Å². The number of aliphatic imine (C=N–C) groups is 1. The number of amidine groups is 1. The summed E-state index contributed by atoms with van der Waals surface area (Å²) in [5, 5.41) is 0. The lowest BCUT2D eigenvalue weighted by Gasteiger charge is -2.15. The Morgan fingerprint density at radius 3 is 2.59 bits per heavy atom. The molecule has 1 unspecified atom stereocenters. The number of ether oxygens (including phenoxy) is 1. The molecule has 0 saturated heterocycles. The summed E-state index contributed by atoms with van der Waals surface area (Å²) < 4.78 is 5.34. The monoisotopic (exact) mass is 291 g/mol. The predicted octanol–water partition coefficient (Wildman–Crippen LogP) is 1.88. The van der Waals surface area contributed by atoms with Crippen molar-refractivity contribution >= 4 is 12.0 Å². The second-order valence-electron chi connectivity index (χ2n) is 5.68. The summed E-state index contributed by atoms with van der Waals surface area (Å²) in [6.07, 6.45) is 5.05. The molecule has 108 valence electrons. The molecule has 1 spiro atoms. The quantitative estimate of drug-likeness (QED) is 0.814. The molecule has 2 heterocycles. The van der Waals surface area contributed by atoms with Gasteiger partial charge in [-0.15, -0.1) is 6.57 Å². The molecule has 1 aliphatic carbocycles. The standard InChI is InChI=1S/C16H13N5O/c1-18-15-19-7-13(8-20-15)10-2-3-11-5-16(6-12(11)4-10)9-22-14(17)21-16/h2-4,7-8H,5-6,9H2,(H2,17,21). The van der Waals surface area contributed by atoms with E-state index in [4.69, 9.17) is 17.0 Å². The number of hydrogen-bond donors (Lipinski definition) is 1. The van der Waals surface area contributed by atoms with Gasteiger partial charge in [-0.25, -0.2) is 4.99 Å². The first-order valence-electron chi connectivity index (χ1n) is 6.97. The van der Waals surface area contributed by atoms with Crippen molar-refractivity contribution in [2.45, 2.75) is 18.4 Å². The Hall–Kier alpha value is -2.94. The maximum Gasteiger partial charge on any atom is 0.371 e. The first kappa shape index (κ1) is 12.8. The van der Waals surface area contributed by atoms with Gasteiger partial charge in [0, 0.05) is 18.4 Å². The van der Waals surface area contributed by atoms with Crippen LogP contribution in [0, 0.1) is 6.57 Å². The minimum absolute atomic E-state index is 0.164. The SMILES string of the molecule is [C-]#[N+]c1ncc(-c2ccc3c(c2)CC2(COC(N)=N2)C3)cn1. The van der Waals surface area contributed by atoms with Crippen molar-refractivity contribution < 1.29 is 4.74 Å². The van der Waals surface area contributed by atoms with Gasteiger partial charge in [0.05, 0.1) is 12.4 Å². The van der Waals surface area contributed by atoms with Crippen LogP contribution < -0.4 is 5.73 Å². The topological polar surface area (TPSA) is 77.8 Å². The van der Waals surface area contributed by atoms with E-state index in [2.05, 4.69) is 38.0 Å². The predicted molar refractivity (Wildman–Crippen MR) is 81.4 cm³/mol. The van der Waals surface area contributed by atoms with Gasteiger partial charge in [-0.1, -0.05) is 18.2 Å². The van der Waals surface area contributed by atoms with Crippen LogP contribution in [-0.4, -0.2) is 28.1 Å². The zero-order chi connectivity index (χ0) is 15.2. The molecule has 2 N–H and O–H groups in total. The van der Waals surface area contributed by atoms with E-state index in [0.717, 1.165) is 24.0 Å². The highest BCUT2D eigenvalue weighted by Crippen LogP contribution is 2.37. The molecule has 1 aromatic carbocycles. The van der Waals surface area contributed by atoms with Crippen LogP contribution in [-0.2, 0) is 17.6 Å². The third-order valence-corrected chi connectivity index (χ3v) is 4.15. The summed E-state index contributed by atoms with van der Waals surface area (Å²) in [6, 6.07) is 6.60. The van der Waals surface area contributed by atoms with Crippen LogP contribution in [0.5, 0.6) is 0 Å². The van der Waals surface area contributed by atoms with Gasteiger partial charge in [-0.2, -0.15) is 9.97 Å². The van der Waals surface area contributed by atoms with Crippen LogP contribution in [0.3, 0.4) is 0 Å². The van der Waals surface area contributed by atoms with Crippen LogP contribution in [0.1, 0.15) is 11.1 Å². The Labute approximate surface area is 127 Å². The van der Waals surface area contributed by atoms with Crippen molar-refractivity contribution in [3.05, 3.63) is 53.1 Å². The number of fused-ring (bicyclic) bond motifs is 1. The van der Waals surface area contributed by atoms with E-state index in [0.29, 0.717) is 6.61 Å². The fourth-order valence-electron chi connectivity index (χ4n) is 3.13. The lowest BCUT2D eigenvalue weighted by molar-refractivity contribution is 0.258. The van der Waals surface area contributed by atoms with Gasteiger partial charge in [0.15, 0.2) is 0 Å². The lowest BCUT2D eigenvalue weighted by Crippen LogP contribution is -2.28. The highest BCUT2D eigenvalue weighted by molar-refractivity contribution is 5.74. The Balaban J connectivity index is 1.67. The molecular formula is C16H13N5O. The second-order valence-corrected chi connectivity index (χ2v) is 5.68. The molecule has 0 radical (unpaired) electrons. The van der Waals surface area contributed by atoms with E-state index >= 15 is 0 Å². The third kappa shape index (κ3) is 1.99. The molecule has 1 aromatic heterocycles. The highest BCUT2D eigenvalue weighted by Gasteiger charge is 2.41. The zero-order valence-corrected chi connectivity index (χ0v) is 11.8. The normalized spacial score (nSPS) is 22.0. The maximum atomic E-state index is 6.89. The van der Waals surface area contributed by atoms with Crippen molar-refractivity contribution in [2.24, 2.45) is 10.7 Å². The van der Waals surface area contributed by atoms with Gasteiger partial charge >= 0.3 is 5.95 Å². The highest BCUT2D eigenvalue weighted by atomic mass is 16.5. The van der Waals surface area contributed by atoms with Crippen LogP contribution in [0.25, 0.3) is 16.0 Å². The Bertz CT molecular complexity index is 821. The van der Waals surface area contributed by atoms with Crippen molar-refractivity contribution in [1.82, 2.24) is 9.97 Å². The van der Waals surface area contributed by atoms with Gasteiger partial charge in [0.2, 0.25) is 0 Å². The summed E-state index contributed by atoms with van der Waals surface area (Å²) in [5.74, 6) is 0.164. The molecule has 6 nitrogen and oxygen atoms in total. The first-order chi connectivity index (χ1) is 10.7. The largest absolute Gasteiger partial charge is 0.463 e. The molecule has 0 amide bonds. The van der Waals surface area contributed by atoms with E-state index in [9.17, 15) is 0 Å². The Morgan fingerprint density at radius 1 is 1.14 bits per heavy atom. The molecule has 0 bridgehead atoms. The summed E-state index contributed by atoms with van der Waals surface area (Å²) in [5.41, 5.74) is 9.92. The number of rotatable bonds is 1. The molecule has 0 saturated carbocycles. The smallest absolute Gasteiger partial charge is 0.371 e. The zero-order valence-electron chi connectivity index (χ0n) is 11.8. The Morgan fingerprint density at radius 2 is 1.91 bits per heavy atom. The van der Waals surface area contributed by atoms with Crippen molar-refractivity contribution in [3.63, 3.8) is 0 Å². The van der Waals surface area contributed by atoms with Crippen LogP contribution in [0.2, 0.25) is 0 Å². The molecule has 2 aromatic rings. The average Bonchev–Trinajstić information content (AvgIpc) is 3.08. The fourth-order valence-corrected chi connectivity index (χ4v) is 3.13. The van der Waals surface area contributed by atoms with Gasteiger partial charge in [-0.3, -0.25) is 0 Å². The molecule has 0 fully saturated rings. The van der Waals surface area contributed by atoms with E-state index in [1.807, 2.05) is 0 Å². The summed E-state index contributed by atoms with van der Waals surface area (Å²) in [7, 11) is 0. The summed E-state index contributed by atoms with van der Waals surface area (Å²) in [4.78, 5) is 15.7. The average molecular weight is 291 g/mol. The fraction of sp³-hybridized carbons (Fsp3) is 0.250. The molecule has 2 aliphatic rings. The molecule has 6 heteroatoms. The number of nitrogens with zero attached hydrogens (tertiary/aromatic N) is 4.